The number of nitrogens with two attached hydrogens (primary N) is 1. The molecule has 0 amide bonds. The van der Waals surface area contributed by atoms with Crippen molar-refractivity contribution in [1.82, 2.24) is 0 Å². The highest BCUT2D eigenvalue weighted by atomic mass is 16.5. The van der Waals surface area contributed by atoms with Crippen LogP contribution in [0, 0.1) is 11.3 Å². The number of carbonyl (C=O) groups is 1. The minimum atomic E-state index is -0.138. The molecular weight excluding hydrogens is 214 g/mol. The van der Waals surface area contributed by atoms with Crippen LogP contribution in [0.4, 0.5) is 0 Å². The summed E-state index contributed by atoms with van der Waals surface area (Å²) in [5, 5.41) is 0. The van der Waals surface area contributed by atoms with E-state index in [1.165, 1.54) is 19.3 Å². The van der Waals surface area contributed by atoms with E-state index in [0.717, 1.165) is 18.8 Å². The fourth-order valence-corrected chi connectivity index (χ4v) is 2.25. The van der Waals surface area contributed by atoms with E-state index in [4.69, 9.17) is 10.5 Å². The predicted octanol–water partition coefficient (Wildman–Crippen LogP) is 2.87. The zero-order valence-corrected chi connectivity index (χ0v) is 11.5. The molecule has 1 fully saturated rings. The largest absolute Gasteiger partial charge is 0.466 e. The van der Waals surface area contributed by atoms with Crippen LogP contribution in [0.15, 0.2) is 0 Å². The lowest BCUT2D eigenvalue weighted by Crippen LogP contribution is -2.29. The van der Waals surface area contributed by atoms with Gasteiger partial charge in [0.1, 0.15) is 0 Å². The van der Waals surface area contributed by atoms with E-state index >= 15 is 0 Å². The lowest BCUT2D eigenvalue weighted by molar-refractivity contribution is -0.144. The zero-order valence-electron chi connectivity index (χ0n) is 11.5. The van der Waals surface area contributed by atoms with Gasteiger partial charge in [0, 0.05) is 6.04 Å². The fraction of sp³-hybridized carbons (Fsp3) is 0.929. The van der Waals surface area contributed by atoms with Gasteiger partial charge in [0.2, 0.25) is 0 Å². The molecule has 2 N–H and O–H groups in total. The van der Waals surface area contributed by atoms with Gasteiger partial charge in [0.25, 0.3) is 0 Å². The molecule has 1 saturated carbocycles. The molecule has 1 aliphatic rings. The first-order valence-corrected chi connectivity index (χ1v) is 6.78. The standard InChI is InChI=1S/C14H27NO2/c1-14(2,3)10-12(15)9-13(16)17-8-7-11-5-4-6-11/h11-12H,4-10,15H2,1-3H3. The molecule has 0 aliphatic heterocycles. The Labute approximate surface area is 105 Å². The van der Waals surface area contributed by atoms with E-state index in [1.54, 1.807) is 0 Å². The average molecular weight is 241 g/mol. The molecule has 0 aromatic heterocycles. The van der Waals surface area contributed by atoms with Crippen molar-refractivity contribution >= 4 is 5.97 Å². The monoisotopic (exact) mass is 241 g/mol. The van der Waals surface area contributed by atoms with Crippen LogP contribution in [0.25, 0.3) is 0 Å². The molecule has 0 aromatic carbocycles. The summed E-state index contributed by atoms with van der Waals surface area (Å²) in [5.41, 5.74) is 6.10. The smallest absolute Gasteiger partial charge is 0.307 e. The zero-order chi connectivity index (χ0) is 12.9. The molecule has 17 heavy (non-hydrogen) atoms. The van der Waals surface area contributed by atoms with Gasteiger partial charge in [-0.25, -0.2) is 0 Å². The Hall–Kier alpha value is -0.570. The third-order valence-corrected chi connectivity index (χ3v) is 3.32. The first kappa shape index (κ1) is 14.5. The molecule has 0 spiro atoms. The maximum absolute atomic E-state index is 11.5. The van der Waals surface area contributed by atoms with Crippen molar-refractivity contribution < 1.29 is 9.53 Å². The second-order valence-electron chi connectivity index (χ2n) is 6.54. The predicted molar refractivity (Wildman–Crippen MR) is 69.6 cm³/mol. The maximum atomic E-state index is 11.5. The summed E-state index contributed by atoms with van der Waals surface area (Å²) in [6.45, 7) is 6.98. The third-order valence-electron chi connectivity index (χ3n) is 3.32. The Morgan fingerprint density at radius 1 is 1.41 bits per heavy atom. The number of ether oxygens (including phenoxy) is 1. The summed E-state index contributed by atoms with van der Waals surface area (Å²) in [6, 6.07) is -0.0776. The van der Waals surface area contributed by atoms with Crippen molar-refractivity contribution in [3.8, 4) is 0 Å². The van der Waals surface area contributed by atoms with Gasteiger partial charge in [-0.3, -0.25) is 4.79 Å². The van der Waals surface area contributed by atoms with Gasteiger partial charge < -0.3 is 10.5 Å². The highest BCUT2D eigenvalue weighted by Crippen LogP contribution is 2.29. The summed E-state index contributed by atoms with van der Waals surface area (Å²) in [7, 11) is 0. The van der Waals surface area contributed by atoms with E-state index in [1.807, 2.05) is 0 Å². The molecule has 0 saturated heterocycles. The molecule has 0 radical (unpaired) electrons. The Kier molecular flexibility index (Phi) is 5.44. The molecule has 3 nitrogen and oxygen atoms in total. The van der Waals surface area contributed by atoms with Gasteiger partial charge in [-0.1, -0.05) is 40.0 Å². The number of esters is 1. The van der Waals surface area contributed by atoms with Crippen LogP contribution in [0.2, 0.25) is 0 Å². The maximum Gasteiger partial charge on any atom is 0.307 e. The van der Waals surface area contributed by atoms with E-state index < -0.39 is 0 Å². The van der Waals surface area contributed by atoms with E-state index in [9.17, 15) is 4.79 Å². The normalized spacial score (nSPS) is 18.6. The van der Waals surface area contributed by atoms with E-state index in [2.05, 4.69) is 20.8 Å². The van der Waals surface area contributed by atoms with Crippen molar-refractivity contribution in [3.63, 3.8) is 0 Å². The van der Waals surface area contributed by atoms with Crippen LogP contribution in [0.3, 0.4) is 0 Å². The minimum absolute atomic E-state index is 0.0776. The van der Waals surface area contributed by atoms with Crippen LogP contribution < -0.4 is 5.73 Å². The van der Waals surface area contributed by atoms with Crippen LogP contribution in [-0.2, 0) is 9.53 Å². The molecule has 0 aromatic rings. The first-order valence-electron chi connectivity index (χ1n) is 6.78. The van der Waals surface area contributed by atoms with Gasteiger partial charge >= 0.3 is 5.97 Å². The SMILES string of the molecule is CC(C)(C)CC(N)CC(=O)OCCC1CCC1. The molecular formula is C14H27NO2. The molecule has 0 heterocycles. The minimum Gasteiger partial charge on any atom is -0.466 e. The van der Waals surface area contributed by atoms with Gasteiger partial charge in [-0.15, -0.1) is 0 Å². The highest BCUT2D eigenvalue weighted by molar-refractivity contribution is 5.70. The topological polar surface area (TPSA) is 52.3 Å². The van der Waals surface area contributed by atoms with Crippen molar-refractivity contribution in [3.05, 3.63) is 0 Å². The lowest BCUT2D eigenvalue weighted by atomic mass is 9.83. The molecule has 0 bridgehead atoms. The molecule has 100 valence electrons. The summed E-state index contributed by atoms with van der Waals surface area (Å²) in [5.74, 6) is 0.659. The Balaban J connectivity index is 2.06. The molecule has 3 heteroatoms. The molecule has 1 aliphatic carbocycles. The van der Waals surface area contributed by atoms with Gasteiger partial charge in [-0.2, -0.15) is 0 Å². The van der Waals surface area contributed by atoms with Crippen molar-refractivity contribution in [1.29, 1.82) is 0 Å². The summed E-state index contributed by atoms with van der Waals surface area (Å²) >= 11 is 0. The third kappa shape index (κ3) is 6.67. The quantitative estimate of drug-likeness (QED) is 0.727. The fourth-order valence-electron chi connectivity index (χ4n) is 2.25. The van der Waals surface area contributed by atoms with Crippen molar-refractivity contribution in [2.75, 3.05) is 6.61 Å². The number of hydrogen-bond donors (Lipinski definition) is 1. The van der Waals surface area contributed by atoms with Gasteiger partial charge in [0.15, 0.2) is 0 Å². The first-order chi connectivity index (χ1) is 7.87. The number of carbonyl (C=O) groups excluding carboxylic acids is 1. The molecule has 1 unspecified atom stereocenters. The number of hydrogen-bond acceptors (Lipinski definition) is 3. The highest BCUT2D eigenvalue weighted by Gasteiger charge is 2.20. The Morgan fingerprint density at radius 3 is 2.53 bits per heavy atom. The summed E-state index contributed by atoms with van der Waals surface area (Å²) in [4.78, 5) is 11.5. The van der Waals surface area contributed by atoms with Crippen LogP contribution in [0.5, 0.6) is 0 Å². The van der Waals surface area contributed by atoms with Crippen LogP contribution >= 0.6 is 0 Å². The van der Waals surface area contributed by atoms with E-state index in [0.29, 0.717) is 13.0 Å². The summed E-state index contributed by atoms with van der Waals surface area (Å²) in [6.07, 6.45) is 6.18. The Bertz CT molecular complexity index is 241. The Morgan fingerprint density at radius 2 is 2.06 bits per heavy atom. The van der Waals surface area contributed by atoms with Crippen molar-refractivity contribution in [2.45, 2.75) is 65.3 Å². The lowest BCUT2D eigenvalue weighted by Gasteiger charge is -2.25. The average Bonchev–Trinajstić information content (AvgIpc) is 2.05. The van der Waals surface area contributed by atoms with Gasteiger partial charge in [-0.05, 0) is 24.2 Å². The molecule has 1 rings (SSSR count). The van der Waals surface area contributed by atoms with E-state index in [-0.39, 0.29) is 17.4 Å². The summed E-state index contributed by atoms with van der Waals surface area (Å²) < 4.78 is 5.21. The number of rotatable bonds is 6. The second-order valence-corrected chi connectivity index (χ2v) is 6.54. The molecule has 1 atom stereocenters. The second kappa shape index (κ2) is 6.39. The van der Waals surface area contributed by atoms with Gasteiger partial charge in [0.05, 0.1) is 13.0 Å². The van der Waals surface area contributed by atoms with Crippen LogP contribution in [-0.4, -0.2) is 18.6 Å². The van der Waals surface area contributed by atoms with Crippen LogP contribution in [0.1, 0.15) is 59.3 Å². The van der Waals surface area contributed by atoms with Crippen molar-refractivity contribution in [2.24, 2.45) is 17.1 Å².